The first-order valence-electron chi connectivity index (χ1n) is 0. The van der Waals surface area contributed by atoms with E-state index in [2.05, 4.69) is 0 Å². The number of rotatable bonds is 0. The molecule has 0 spiro atoms. The Morgan fingerprint density at radius 1 is 0.600 bits per heavy atom. The van der Waals surface area contributed by atoms with Crippen molar-refractivity contribution in [3.8, 4) is 0 Å². The fourth-order valence-corrected chi connectivity index (χ4v) is 0. The standard InChI is InChI=1S/Al.BH3.3FH/h;1H3;3*1H/q+3;;;;/p-3. The predicted octanol–water partition coefficient (Wildman–Crippen LogP) is -10.6. The van der Waals surface area contributed by atoms with Crippen LogP contribution in [0.15, 0.2) is 0 Å². The predicted molar refractivity (Wildman–Crippen MR) is 15.7 cm³/mol. The molecule has 0 bridgehead atoms. The average Bonchev–Trinajstić information content (AvgIpc) is 0. The molecule has 0 saturated heterocycles. The minimum Gasteiger partial charge on any atom is -1.00 e. The molecule has 5 heavy (non-hydrogen) atoms. The van der Waals surface area contributed by atoms with Gasteiger partial charge in [-0.25, -0.2) is 0 Å². The molecular formula is H3AlBF3. The van der Waals surface area contributed by atoms with Crippen LogP contribution in [0.4, 0.5) is 0 Å². The summed E-state index contributed by atoms with van der Waals surface area (Å²) in [5.74, 6) is 0. The first-order valence-corrected chi connectivity index (χ1v) is 0. The summed E-state index contributed by atoms with van der Waals surface area (Å²) in [5.41, 5.74) is 0. The minimum absolute atomic E-state index is 0. The molecule has 0 aromatic carbocycles. The van der Waals surface area contributed by atoms with Crippen LogP contribution in [-0.2, 0) is 0 Å². The zero-order chi connectivity index (χ0) is 0. The fraction of sp³-hybridized carbons (Fsp3) is 0. The molecule has 0 atom stereocenters. The zero-order valence-corrected chi connectivity index (χ0v) is 2.87. The van der Waals surface area contributed by atoms with Gasteiger partial charge in [0.1, 0.15) is 0 Å². The minimum atomic E-state index is 0. The molecule has 0 rings (SSSR count). The van der Waals surface area contributed by atoms with Crippen LogP contribution in [0.5, 0.6) is 0 Å². The topological polar surface area (TPSA) is 0 Å². The largest absolute Gasteiger partial charge is 3.00 e. The van der Waals surface area contributed by atoms with E-state index < -0.39 is 0 Å². The number of hydrogen-bond acceptors (Lipinski definition) is 0. The van der Waals surface area contributed by atoms with E-state index in [0.717, 1.165) is 0 Å². The molecule has 30 valence electrons. The maximum Gasteiger partial charge on any atom is 3.00 e. The summed E-state index contributed by atoms with van der Waals surface area (Å²) >= 11 is 0. The van der Waals surface area contributed by atoms with Crippen molar-refractivity contribution in [3.05, 3.63) is 0 Å². The van der Waals surface area contributed by atoms with Gasteiger partial charge in [0.15, 0.2) is 0 Å². The van der Waals surface area contributed by atoms with Crippen molar-refractivity contribution in [2.75, 3.05) is 0 Å². The van der Waals surface area contributed by atoms with E-state index in [-0.39, 0.29) is 39.9 Å². The number of hydrogen-bond donors (Lipinski definition) is 0. The van der Waals surface area contributed by atoms with Gasteiger partial charge in [-0.3, -0.25) is 0 Å². The summed E-state index contributed by atoms with van der Waals surface area (Å²) in [6.07, 6.45) is 0. The fourth-order valence-electron chi connectivity index (χ4n) is 0. The van der Waals surface area contributed by atoms with Gasteiger partial charge in [-0.05, 0) is 0 Å². The molecule has 0 heterocycles. The smallest absolute Gasteiger partial charge is 1.00 e. The first-order chi connectivity index (χ1) is 0. The van der Waals surface area contributed by atoms with Crippen LogP contribution in [0.3, 0.4) is 0 Å². The van der Waals surface area contributed by atoms with E-state index in [1.54, 1.807) is 0 Å². The molecule has 0 saturated carbocycles. The first kappa shape index (κ1) is 691. The third-order valence-electron chi connectivity index (χ3n) is 0. The van der Waals surface area contributed by atoms with Crippen molar-refractivity contribution in [2.24, 2.45) is 0 Å². The number of halogens is 3. The summed E-state index contributed by atoms with van der Waals surface area (Å²) in [4.78, 5) is 0. The average molecular weight is 97.8 g/mol. The molecule has 0 aromatic rings. The van der Waals surface area contributed by atoms with Crippen molar-refractivity contribution in [2.45, 2.75) is 0 Å². The third-order valence-corrected chi connectivity index (χ3v) is 0. The van der Waals surface area contributed by atoms with E-state index in [1.165, 1.54) is 0 Å². The van der Waals surface area contributed by atoms with Crippen molar-refractivity contribution in [3.63, 3.8) is 0 Å². The Hall–Kier alpha value is 0.387. The molecule has 0 N–H and O–H groups in total. The Morgan fingerprint density at radius 3 is 0.600 bits per heavy atom. The van der Waals surface area contributed by atoms with Gasteiger partial charge in [0.25, 0.3) is 0 Å². The van der Waals surface area contributed by atoms with Crippen molar-refractivity contribution < 1.29 is 14.1 Å². The summed E-state index contributed by atoms with van der Waals surface area (Å²) in [6.45, 7) is 0. The SMILES string of the molecule is B.[Al+3].[F-].[F-].[F-]. The van der Waals surface area contributed by atoms with Crippen molar-refractivity contribution >= 4 is 25.8 Å². The Morgan fingerprint density at radius 2 is 0.600 bits per heavy atom. The van der Waals surface area contributed by atoms with Gasteiger partial charge in [-0.2, -0.15) is 0 Å². The summed E-state index contributed by atoms with van der Waals surface area (Å²) in [5, 5.41) is 0. The molecule has 0 aliphatic carbocycles. The Bertz CT molecular complexity index is 6.85. The Kier molecular flexibility index (Phi) is 46400. The molecule has 0 aliphatic heterocycles. The van der Waals surface area contributed by atoms with Crippen molar-refractivity contribution in [1.82, 2.24) is 0 Å². The van der Waals surface area contributed by atoms with Crippen LogP contribution in [0.1, 0.15) is 0 Å². The Balaban J connectivity index is 0. The second-order valence-corrected chi connectivity index (χ2v) is 0. The van der Waals surface area contributed by atoms with E-state index in [1.807, 2.05) is 0 Å². The van der Waals surface area contributed by atoms with Crippen LogP contribution in [0.2, 0.25) is 0 Å². The van der Waals surface area contributed by atoms with Gasteiger partial charge < -0.3 is 14.1 Å². The maximum atomic E-state index is 0. The quantitative estimate of drug-likeness (QED) is 0.264. The molecule has 0 aromatic heterocycles. The Labute approximate surface area is 40.8 Å². The second kappa shape index (κ2) is 335. The molecule has 0 amide bonds. The summed E-state index contributed by atoms with van der Waals surface area (Å²) in [6, 6.07) is 0. The monoisotopic (exact) mass is 98.0 g/mol. The molecule has 0 unspecified atom stereocenters. The third kappa shape index (κ3) is 167. The molecule has 5 heteroatoms. The van der Waals surface area contributed by atoms with E-state index >= 15 is 0 Å². The van der Waals surface area contributed by atoms with Gasteiger partial charge in [0.05, 0.1) is 8.41 Å². The van der Waals surface area contributed by atoms with E-state index in [9.17, 15) is 0 Å². The molecule has 0 nitrogen and oxygen atoms in total. The van der Waals surface area contributed by atoms with Gasteiger partial charge >= 0.3 is 17.4 Å². The zero-order valence-electron chi connectivity index (χ0n) is 1.71. The van der Waals surface area contributed by atoms with Crippen LogP contribution in [0.25, 0.3) is 0 Å². The van der Waals surface area contributed by atoms with Gasteiger partial charge in [0.2, 0.25) is 0 Å². The normalized spacial score (nSPS) is 0. The van der Waals surface area contributed by atoms with Crippen molar-refractivity contribution in [1.29, 1.82) is 0 Å². The maximum absolute atomic E-state index is 0. The van der Waals surface area contributed by atoms with E-state index in [0.29, 0.717) is 0 Å². The molecule has 0 radical (unpaired) electrons. The van der Waals surface area contributed by atoms with Crippen LogP contribution < -0.4 is 14.1 Å². The molecular weight excluding hydrogens is 94.8 g/mol. The molecule has 0 aliphatic rings. The van der Waals surface area contributed by atoms with Crippen LogP contribution >= 0.6 is 0 Å². The van der Waals surface area contributed by atoms with Crippen LogP contribution in [0, 0.1) is 0 Å². The molecule has 0 fully saturated rings. The van der Waals surface area contributed by atoms with Gasteiger partial charge in [-0.15, -0.1) is 0 Å². The summed E-state index contributed by atoms with van der Waals surface area (Å²) < 4.78 is 0. The van der Waals surface area contributed by atoms with Gasteiger partial charge in [-0.1, -0.05) is 0 Å². The summed E-state index contributed by atoms with van der Waals surface area (Å²) in [7, 11) is 0. The second-order valence-electron chi connectivity index (χ2n) is 0. The van der Waals surface area contributed by atoms with E-state index in [4.69, 9.17) is 0 Å². The van der Waals surface area contributed by atoms with Gasteiger partial charge in [0, 0.05) is 0 Å². The van der Waals surface area contributed by atoms with Crippen LogP contribution in [-0.4, -0.2) is 25.8 Å².